The molecule has 3 rings (SSSR count). The molecule has 1 aromatic carbocycles. The number of nitrogen functional groups attached to an aromatic ring is 1. The van der Waals surface area contributed by atoms with Crippen LogP contribution >= 0.6 is 11.6 Å². The van der Waals surface area contributed by atoms with Gasteiger partial charge in [-0.05, 0) is 17.7 Å². The quantitative estimate of drug-likeness (QED) is 0.823. The molecule has 8 nitrogen and oxygen atoms in total. The summed E-state index contributed by atoms with van der Waals surface area (Å²) in [5.74, 6) is 0.284. The SMILES string of the molecule is Nc1ncncc1N=C[C@@H]1CN(C(=O)OCc2ccc(Cl)cc2)CCO1. The van der Waals surface area contributed by atoms with Gasteiger partial charge in [0, 0.05) is 17.8 Å². The Morgan fingerprint density at radius 3 is 3.04 bits per heavy atom. The van der Waals surface area contributed by atoms with Gasteiger partial charge in [-0.2, -0.15) is 0 Å². The lowest BCUT2D eigenvalue weighted by molar-refractivity contribution is 0.00330. The van der Waals surface area contributed by atoms with E-state index in [1.807, 2.05) is 12.1 Å². The van der Waals surface area contributed by atoms with Gasteiger partial charge < -0.3 is 20.1 Å². The number of aromatic nitrogens is 2. The number of ether oxygens (including phenoxy) is 2. The number of rotatable bonds is 4. The highest BCUT2D eigenvalue weighted by Crippen LogP contribution is 2.17. The highest BCUT2D eigenvalue weighted by molar-refractivity contribution is 6.30. The van der Waals surface area contributed by atoms with Crippen LogP contribution < -0.4 is 5.73 Å². The Kier molecular flexibility index (Phi) is 5.98. The van der Waals surface area contributed by atoms with Gasteiger partial charge in [0.2, 0.25) is 0 Å². The fourth-order valence-corrected chi connectivity index (χ4v) is 2.47. The van der Waals surface area contributed by atoms with Crippen LogP contribution in [0.5, 0.6) is 0 Å². The third-order valence-corrected chi connectivity index (χ3v) is 3.98. The van der Waals surface area contributed by atoms with Crippen LogP contribution in [-0.4, -0.2) is 53.0 Å². The zero-order valence-corrected chi connectivity index (χ0v) is 14.7. The van der Waals surface area contributed by atoms with Crippen LogP contribution in [0.25, 0.3) is 0 Å². The molecule has 0 bridgehead atoms. The zero-order valence-electron chi connectivity index (χ0n) is 13.9. The Balaban J connectivity index is 1.53. The normalized spacial score (nSPS) is 17.4. The third kappa shape index (κ3) is 4.90. The second kappa shape index (κ2) is 8.59. The molecule has 9 heteroatoms. The average Bonchev–Trinajstić information content (AvgIpc) is 2.67. The van der Waals surface area contributed by atoms with E-state index in [1.165, 1.54) is 12.5 Å². The standard InChI is InChI=1S/C17H18ClN5O3/c18-13-3-1-12(2-4-13)10-26-17(24)23-5-6-25-14(9-23)7-21-15-8-20-11-22-16(15)19/h1-4,7-8,11,14H,5-6,9-10H2,(H2,19,20,22)/t14-/m1/s1. The van der Waals surface area contributed by atoms with Gasteiger partial charge in [0.1, 0.15) is 24.7 Å². The van der Waals surface area contributed by atoms with Crippen molar-refractivity contribution >= 4 is 35.4 Å². The number of halogens is 1. The van der Waals surface area contributed by atoms with E-state index in [4.69, 9.17) is 26.8 Å². The van der Waals surface area contributed by atoms with E-state index in [2.05, 4.69) is 15.0 Å². The van der Waals surface area contributed by atoms with Crippen LogP contribution in [0.1, 0.15) is 5.56 Å². The summed E-state index contributed by atoms with van der Waals surface area (Å²) in [5, 5.41) is 0.639. The lowest BCUT2D eigenvalue weighted by Gasteiger charge is -2.30. The number of nitrogens with two attached hydrogens (primary N) is 1. The molecule has 1 aliphatic heterocycles. The summed E-state index contributed by atoms with van der Waals surface area (Å²) in [7, 11) is 0. The smallest absolute Gasteiger partial charge is 0.410 e. The number of carbonyl (C=O) groups is 1. The van der Waals surface area contributed by atoms with Crippen molar-refractivity contribution < 1.29 is 14.3 Å². The van der Waals surface area contributed by atoms with E-state index >= 15 is 0 Å². The van der Waals surface area contributed by atoms with Crippen molar-refractivity contribution in [1.82, 2.24) is 14.9 Å². The van der Waals surface area contributed by atoms with Crippen LogP contribution in [0.4, 0.5) is 16.3 Å². The van der Waals surface area contributed by atoms with E-state index in [-0.39, 0.29) is 18.5 Å². The van der Waals surface area contributed by atoms with Gasteiger partial charge in [0.25, 0.3) is 0 Å². The summed E-state index contributed by atoms with van der Waals surface area (Å²) >= 11 is 5.84. The van der Waals surface area contributed by atoms with E-state index in [0.29, 0.717) is 30.4 Å². The molecule has 2 heterocycles. The van der Waals surface area contributed by atoms with Crippen molar-refractivity contribution in [3.63, 3.8) is 0 Å². The number of aliphatic imine (C=N–C) groups is 1. The largest absolute Gasteiger partial charge is 0.445 e. The molecule has 0 unspecified atom stereocenters. The van der Waals surface area contributed by atoms with Gasteiger partial charge in [-0.25, -0.2) is 14.8 Å². The van der Waals surface area contributed by atoms with Crippen LogP contribution in [0.15, 0.2) is 41.8 Å². The lowest BCUT2D eigenvalue weighted by Crippen LogP contribution is -2.46. The fourth-order valence-electron chi connectivity index (χ4n) is 2.34. The predicted molar refractivity (Wildman–Crippen MR) is 97.5 cm³/mol. The minimum atomic E-state index is -0.399. The van der Waals surface area contributed by atoms with Crippen LogP contribution in [-0.2, 0) is 16.1 Å². The summed E-state index contributed by atoms with van der Waals surface area (Å²) < 4.78 is 10.9. The van der Waals surface area contributed by atoms with Gasteiger partial charge >= 0.3 is 6.09 Å². The molecule has 1 aliphatic rings. The average molecular weight is 376 g/mol. The van der Waals surface area contributed by atoms with Gasteiger partial charge in [0.05, 0.1) is 19.3 Å². The van der Waals surface area contributed by atoms with Crippen molar-refractivity contribution in [3.8, 4) is 0 Å². The molecule has 1 saturated heterocycles. The molecule has 0 saturated carbocycles. The van der Waals surface area contributed by atoms with E-state index < -0.39 is 6.09 Å². The fraction of sp³-hybridized carbons (Fsp3) is 0.294. The minimum absolute atomic E-state index is 0.185. The van der Waals surface area contributed by atoms with E-state index in [0.717, 1.165) is 5.56 Å². The third-order valence-electron chi connectivity index (χ3n) is 3.73. The first-order valence-electron chi connectivity index (χ1n) is 7.99. The molecule has 1 atom stereocenters. The van der Waals surface area contributed by atoms with Gasteiger partial charge in [-0.3, -0.25) is 4.99 Å². The number of anilines is 1. The Hall–Kier alpha value is -2.71. The van der Waals surface area contributed by atoms with Crippen LogP contribution in [0.3, 0.4) is 0 Å². The Labute approximate surface area is 155 Å². The summed E-state index contributed by atoms with van der Waals surface area (Å²) in [5.41, 5.74) is 7.04. The topological polar surface area (TPSA) is 103 Å². The lowest BCUT2D eigenvalue weighted by atomic mass is 10.2. The molecule has 1 aromatic heterocycles. The predicted octanol–water partition coefficient (Wildman–Crippen LogP) is 2.45. The van der Waals surface area contributed by atoms with Crippen LogP contribution in [0.2, 0.25) is 5.02 Å². The first-order valence-corrected chi connectivity index (χ1v) is 8.37. The first kappa shape index (κ1) is 18.1. The number of hydrogen-bond donors (Lipinski definition) is 1. The van der Waals surface area contributed by atoms with Crippen molar-refractivity contribution in [1.29, 1.82) is 0 Å². The van der Waals surface area contributed by atoms with Crippen molar-refractivity contribution in [2.24, 2.45) is 4.99 Å². The molecule has 136 valence electrons. The molecule has 1 fully saturated rings. The van der Waals surface area contributed by atoms with Crippen molar-refractivity contribution in [2.45, 2.75) is 12.7 Å². The number of amides is 1. The second-order valence-electron chi connectivity index (χ2n) is 5.61. The van der Waals surface area contributed by atoms with Gasteiger partial charge in [-0.15, -0.1) is 0 Å². The molecular weight excluding hydrogens is 358 g/mol. The monoisotopic (exact) mass is 375 g/mol. The Morgan fingerprint density at radius 2 is 2.27 bits per heavy atom. The van der Waals surface area contributed by atoms with E-state index in [9.17, 15) is 4.79 Å². The summed E-state index contributed by atoms with van der Waals surface area (Å²) in [6.07, 6.45) is 3.70. The molecule has 1 amide bonds. The number of nitrogens with zero attached hydrogens (tertiary/aromatic N) is 4. The molecule has 0 aliphatic carbocycles. The van der Waals surface area contributed by atoms with Gasteiger partial charge in [0.15, 0.2) is 5.82 Å². The Morgan fingerprint density at radius 1 is 1.46 bits per heavy atom. The van der Waals surface area contributed by atoms with E-state index in [1.54, 1.807) is 23.2 Å². The molecule has 2 N–H and O–H groups in total. The summed E-state index contributed by atoms with van der Waals surface area (Å²) in [6.45, 7) is 1.38. The highest BCUT2D eigenvalue weighted by Gasteiger charge is 2.24. The molecule has 0 spiro atoms. The van der Waals surface area contributed by atoms with Crippen molar-refractivity contribution in [3.05, 3.63) is 47.4 Å². The maximum Gasteiger partial charge on any atom is 0.410 e. The van der Waals surface area contributed by atoms with Crippen molar-refractivity contribution in [2.75, 3.05) is 25.4 Å². The molecular formula is C17H18ClN5O3. The second-order valence-corrected chi connectivity index (χ2v) is 6.04. The zero-order chi connectivity index (χ0) is 18.4. The first-order chi connectivity index (χ1) is 12.6. The number of hydrogen-bond acceptors (Lipinski definition) is 7. The number of benzene rings is 1. The molecule has 2 aromatic rings. The number of morpholine rings is 1. The van der Waals surface area contributed by atoms with Crippen LogP contribution in [0, 0.1) is 0 Å². The van der Waals surface area contributed by atoms with Gasteiger partial charge in [-0.1, -0.05) is 23.7 Å². The maximum atomic E-state index is 12.2. The highest BCUT2D eigenvalue weighted by atomic mass is 35.5. The number of carbonyl (C=O) groups excluding carboxylic acids is 1. The molecule has 0 radical (unpaired) electrons. The summed E-state index contributed by atoms with van der Waals surface area (Å²) in [6, 6.07) is 7.14. The Bertz CT molecular complexity index is 784. The molecule has 26 heavy (non-hydrogen) atoms. The maximum absolute atomic E-state index is 12.2. The minimum Gasteiger partial charge on any atom is -0.445 e. The summed E-state index contributed by atoms with van der Waals surface area (Å²) in [4.78, 5) is 25.8.